The lowest BCUT2D eigenvalue weighted by Crippen LogP contribution is -2.50. The summed E-state index contributed by atoms with van der Waals surface area (Å²) in [4.78, 5) is 28.1. The van der Waals surface area contributed by atoms with E-state index in [0.717, 1.165) is 24.5 Å². The second kappa shape index (κ2) is 8.44. The molecule has 0 bridgehead atoms. The van der Waals surface area contributed by atoms with Crippen LogP contribution in [0.15, 0.2) is 48.5 Å². The van der Waals surface area contributed by atoms with Gasteiger partial charge in [-0.25, -0.2) is 9.59 Å². The summed E-state index contributed by atoms with van der Waals surface area (Å²) in [5, 5.41) is 2.84. The SMILES string of the molecule is COC(=O)c1cccc(NC(=O)N2CCN(c3cccc(OC)c3)CC2)c1. The minimum absolute atomic E-state index is 0.178. The molecule has 0 aromatic heterocycles. The predicted octanol–water partition coefficient (Wildman–Crippen LogP) is 2.84. The quantitative estimate of drug-likeness (QED) is 0.839. The number of esters is 1. The van der Waals surface area contributed by atoms with Crippen LogP contribution in [0.5, 0.6) is 5.75 Å². The number of ether oxygens (including phenoxy) is 2. The van der Waals surface area contributed by atoms with Crippen LogP contribution in [0.25, 0.3) is 0 Å². The van der Waals surface area contributed by atoms with Crippen molar-refractivity contribution in [3.63, 3.8) is 0 Å². The molecular formula is C20H23N3O4. The molecule has 0 atom stereocenters. The maximum Gasteiger partial charge on any atom is 0.337 e. The first-order valence-electron chi connectivity index (χ1n) is 8.74. The predicted molar refractivity (Wildman–Crippen MR) is 104 cm³/mol. The average Bonchev–Trinajstić information content (AvgIpc) is 2.73. The van der Waals surface area contributed by atoms with Crippen LogP contribution in [0.2, 0.25) is 0 Å². The summed E-state index contributed by atoms with van der Waals surface area (Å²) in [6.45, 7) is 2.70. The number of hydrogen-bond donors (Lipinski definition) is 1. The van der Waals surface area contributed by atoms with Crippen LogP contribution in [-0.4, -0.2) is 57.3 Å². The minimum atomic E-state index is -0.432. The first-order valence-corrected chi connectivity index (χ1v) is 8.74. The fourth-order valence-electron chi connectivity index (χ4n) is 3.02. The molecule has 1 saturated heterocycles. The van der Waals surface area contributed by atoms with Crippen molar-refractivity contribution in [3.8, 4) is 5.75 Å². The lowest BCUT2D eigenvalue weighted by Gasteiger charge is -2.36. The second-order valence-corrected chi connectivity index (χ2v) is 6.18. The van der Waals surface area contributed by atoms with Gasteiger partial charge in [-0.2, -0.15) is 0 Å². The molecule has 0 aliphatic carbocycles. The summed E-state index contributed by atoms with van der Waals surface area (Å²) < 4.78 is 9.98. The van der Waals surface area contributed by atoms with E-state index in [9.17, 15) is 9.59 Å². The summed E-state index contributed by atoms with van der Waals surface area (Å²) in [5.74, 6) is 0.385. The number of nitrogens with one attached hydrogen (secondary N) is 1. The number of methoxy groups -OCH3 is 2. The molecule has 27 heavy (non-hydrogen) atoms. The molecule has 2 aromatic carbocycles. The number of nitrogens with zero attached hydrogens (tertiary/aromatic N) is 2. The number of carbonyl (C=O) groups excluding carboxylic acids is 2. The number of benzene rings is 2. The fourth-order valence-corrected chi connectivity index (χ4v) is 3.02. The lowest BCUT2D eigenvalue weighted by atomic mass is 10.2. The Morgan fingerprint density at radius 2 is 1.70 bits per heavy atom. The van der Waals surface area contributed by atoms with Gasteiger partial charge in [0.15, 0.2) is 0 Å². The number of amides is 2. The molecule has 2 amide bonds. The third-order valence-electron chi connectivity index (χ3n) is 4.52. The molecule has 7 nitrogen and oxygen atoms in total. The maximum absolute atomic E-state index is 12.5. The van der Waals surface area contributed by atoms with Crippen molar-refractivity contribution in [2.24, 2.45) is 0 Å². The van der Waals surface area contributed by atoms with E-state index in [1.54, 1.807) is 36.3 Å². The standard InChI is InChI=1S/C20H23N3O4/c1-26-18-8-4-7-17(14-18)22-9-11-23(12-10-22)20(25)21-16-6-3-5-15(13-16)19(24)27-2/h3-8,13-14H,9-12H2,1-2H3,(H,21,25). The van der Waals surface area contributed by atoms with Crippen LogP contribution in [-0.2, 0) is 4.74 Å². The van der Waals surface area contributed by atoms with Gasteiger partial charge in [-0.05, 0) is 30.3 Å². The highest BCUT2D eigenvalue weighted by Gasteiger charge is 2.21. The van der Waals surface area contributed by atoms with Gasteiger partial charge < -0.3 is 24.6 Å². The Morgan fingerprint density at radius 1 is 0.963 bits per heavy atom. The number of piperazine rings is 1. The van der Waals surface area contributed by atoms with E-state index >= 15 is 0 Å². The van der Waals surface area contributed by atoms with Gasteiger partial charge in [0.1, 0.15) is 5.75 Å². The highest BCUT2D eigenvalue weighted by atomic mass is 16.5. The maximum atomic E-state index is 12.5. The summed E-state index contributed by atoms with van der Waals surface area (Å²) in [7, 11) is 2.98. The molecule has 1 N–H and O–H groups in total. The van der Waals surface area contributed by atoms with Crippen molar-refractivity contribution in [2.45, 2.75) is 0 Å². The van der Waals surface area contributed by atoms with Crippen LogP contribution in [0.3, 0.4) is 0 Å². The Labute approximate surface area is 158 Å². The summed E-state index contributed by atoms with van der Waals surface area (Å²) in [6.07, 6.45) is 0. The number of hydrogen-bond acceptors (Lipinski definition) is 5. The molecule has 0 unspecified atom stereocenters. The van der Waals surface area contributed by atoms with Gasteiger partial charge in [0.05, 0.1) is 19.8 Å². The third-order valence-corrected chi connectivity index (χ3v) is 4.52. The Morgan fingerprint density at radius 3 is 2.41 bits per heavy atom. The van der Waals surface area contributed by atoms with Gasteiger partial charge in [-0.3, -0.25) is 0 Å². The van der Waals surface area contributed by atoms with Crippen molar-refractivity contribution in [1.82, 2.24) is 4.90 Å². The van der Waals surface area contributed by atoms with E-state index in [0.29, 0.717) is 24.3 Å². The number of rotatable bonds is 4. The molecule has 3 rings (SSSR count). The molecule has 1 aliphatic rings. The summed E-state index contributed by atoms with van der Waals surface area (Å²) >= 11 is 0. The van der Waals surface area contributed by atoms with E-state index in [-0.39, 0.29) is 6.03 Å². The monoisotopic (exact) mass is 369 g/mol. The lowest BCUT2D eigenvalue weighted by molar-refractivity contribution is 0.0600. The van der Waals surface area contributed by atoms with Crippen LogP contribution in [0.4, 0.5) is 16.2 Å². The van der Waals surface area contributed by atoms with Crippen molar-refractivity contribution < 1.29 is 19.1 Å². The third kappa shape index (κ3) is 4.49. The zero-order valence-corrected chi connectivity index (χ0v) is 15.5. The van der Waals surface area contributed by atoms with Gasteiger partial charge in [-0.15, -0.1) is 0 Å². The molecule has 1 fully saturated rings. The molecule has 2 aromatic rings. The van der Waals surface area contributed by atoms with Crippen LogP contribution < -0.4 is 15.0 Å². The van der Waals surface area contributed by atoms with Crippen molar-refractivity contribution in [1.29, 1.82) is 0 Å². The van der Waals surface area contributed by atoms with Gasteiger partial charge in [0, 0.05) is 43.6 Å². The van der Waals surface area contributed by atoms with Crippen LogP contribution in [0, 0.1) is 0 Å². The van der Waals surface area contributed by atoms with E-state index in [1.807, 2.05) is 24.3 Å². The Bertz CT molecular complexity index is 816. The molecule has 0 radical (unpaired) electrons. The fraction of sp³-hybridized carbons (Fsp3) is 0.300. The largest absolute Gasteiger partial charge is 0.497 e. The number of anilines is 2. The molecule has 1 heterocycles. The normalized spacial score (nSPS) is 13.9. The Balaban J connectivity index is 1.58. The topological polar surface area (TPSA) is 71.1 Å². The Hall–Kier alpha value is -3.22. The van der Waals surface area contributed by atoms with Crippen molar-refractivity contribution >= 4 is 23.4 Å². The summed E-state index contributed by atoms with van der Waals surface area (Å²) in [5.41, 5.74) is 2.05. The smallest absolute Gasteiger partial charge is 0.337 e. The first kappa shape index (κ1) is 18.6. The Kier molecular flexibility index (Phi) is 5.80. The van der Waals surface area contributed by atoms with E-state index in [2.05, 4.69) is 10.2 Å². The highest BCUT2D eigenvalue weighted by Crippen LogP contribution is 2.22. The molecular weight excluding hydrogens is 346 g/mol. The second-order valence-electron chi connectivity index (χ2n) is 6.18. The molecule has 1 aliphatic heterocycles. The van der Waals surface area contributed by atoms with Crippen LogP contribution in [0.1, 0.15) is 10.4 Å². The first-order chi connectivity index (χ1) is 13.1. The average molecular weight is 369 g/mol. The van der Waals surface area contributed by atoms with Crippen molar-refractivity contribution in [3.05, 3.63) is 54.1 Å². The van der Waals surface area contributed by atoms with E-state index < -0.39 is 5.97 Å². The highest BCUT2D eigenvalue weighted by molar-refractivity contribution is 5.94. The van der Waals surface area contributed by atoms with Gasteiger partial charge in [0.25, 0.3) is 0 Å². The minimum Gasteiger partial charge on any atom is -0.497 e. The molecule has 0 saturated carbocycles. The van der Waals surface area contributed by atoms with Crippen LogP contribution >= 0.6 is 0 Å². The zero-order chi connectivity index (χ0) is 19.2. The van der Waals surface area contributed by atoms with Gasteiger partial charge >= 0.3 is 12.0 Å². The zero-order valence-electron chi connectivity index (χ0n) is 15.5. The van der Waals surface area contributed by atoms with Gasteiger partial charge in [0.2, 0.25) is 0 Å². The van der Waals surface area contributed by atoms with Crippen molar-refractivity contribution in [2.75, 3.05) is 50.6 Å². The number of carbonyl (C=O) groups is 2. The van der Waals surface area contributed by atoms with E-state index in [1.165, 1.54) is 7.11 Å². The molecule has 7 heteroatoms. The number of urea groups is 1. The molecule has 0 spiro atoms. The summed E-state index contributed by atoms with van der Waals surface area (Å²) in [6, 6.07) is 14.4. The van der Waals surface area contributed by atoms with Gasteiger partial charge in [-0.1, -0.05) is 12.1 Å². The molecule has 142 valence electrons. The van der Waals surface area contributed by atoms with E-state index in [4.69, 9.17) is 9.47 Å².